The second kappa shape index (κ2) is 5.84. The molecule has 19 heavy (non-hydrogen) atoms. The van der Waals surface area contributed by atoms with E-state index in [9.17, 15) is 0 Å². The summed E-state index contributed by atoms with van der Waals surface area (Å²) in [7, 11) is 0. The predicted molar refractivity (Wildman–Crippen MR) is 74.5 cm³/mol. The number of hydrogen-bond donors (Lipinski definition) is 1. The highest BCUT2D eigenvalue weighted by molar-refractivity contribution is 6.28. The standard InChI is InChI=1S/C13H15ClN4O/c1-3-8(2)9-4-6-10(7-5-9)19-13-17-11(14)16-12(15)18-13/h4-8H,3H2,1-2H3,(H2,15,16,17,18). The van der Waals surface area contributed by atoms with Crippen molar-refractivity contribution in [3.63, 3.8) is 0 Å². The summed E-state index contributed by atoms with van der Waals surface area (Å²) in [6, 6.07) is 7.88. The van der Waals surface area contributed by atoms with Gasteiger partial charge in [-0.1, -0.05) is 26.0 Å². The van der Waals surface area contributed by atoms with E-state index in [2.05, 4.69) is 28.8 Å². The molecule has 2 rings (SSSR count). The molecule has 0 saturated heterocycles. The van der Waals surface area contributed by atoms with Crippen molar-refractivity contribution in [1.82, 2.24) is 15.0 Å². The summed E-state index contributed by atoms with van der Waals surface area (Å²) in [5.74, 6) is 1.19. The summed E-state index contributed by atoms with van der Waals surface area (Å²) >= 11 is 5.68. The van der Waals surface area contributed by atoms with Crippen molar-refractivity contribution in [3.8, 4) is 11.8 Å². The Labute approximate surface area is 116 Å². The van der Waals surface area contributed by atoms with Crippen LogP contribution in [0.15, 0.2) is 24.3 Å². The van der Waals surface area contributed by atoms with E-state index in [4.69, 9.17) is 22.1 Å². The van der Waals surface area contributed by atoms with Crippen LogP contribution in [0.2, 0.25) is 5.28 Å². The molecule has 2 N–H and O–H groups in total. The van der Waals surface area contributed by atoms with E-state index in [1.807, 2.05) is 24.3 Å². The molecule has 6 heteroatoms. The van der Waals surface area contributed by atoms with Gasteiger partial charge in [-0.3, -0.25) is 0 Å². The third-order valence-corrected chi connectivity index (χ3v) is 3.04. The molecule has 0 amide bonds. The molecule has 100 valence electrons. The first kappa shape index (κ1) is 13.5. The van der Waals surface area contributed by atoms with Crippen LogP contribution < -0.4 is 10.5 Å². The normalized spacial score (nSPS) is 12.2. The van der Waals surface area contributed by atoms with Crippen molar-refractivity contribution in [2.75, 3.05) is 5.73 Å². The Kier molecular flexibility index (Phi) is 4.16. The van der Waals surface area contributed by atoms with Crippen molar-refractivity contribution in [1.29, 1.82) is 0 Å². The van der Waals surface area contributed by atoms with Crippen LogP contribution in [0.4, 0.5) is 5.95 Å². The van der Waals surface area contributed by atoms with Gasteiger partial charge in [-0.25, -0.2) is 0 Å². The number of nitrogens with zero attached hydrogens (tertiary/aromatic N) is 3. The molecule has 0 aliphatic carbocycles. The molecule has 1 unspecified atom stereocenters. The second-order valence-electron chi connectivity index (χ2n) is 4.23. The lowest BCUT2D eigenvalue weighted by Crippen LogP contribution is -2.00. The Balaban J connectivity index is 2.15. The van der Waals surface area contributed by atoms with Crippen LogP contribution in [-0.4, -0.2) is 15.0 Å². The lowest BCUT2D eigenvalue weighted by molar-refractivity contribution is 0.440. The second-order valence-corrected chi connectivity index (χ2v) is 4.56. The maximum Gasteiger partial charge on any atom is 0.328 e. The highest BCUT2D eigenvalue weighted by Crippen LogP contribution is 2.24. The van der Waals surface area contributed by atoms with Crippen LogP contribution in [0.25, 0.3) is 0 Å². The summed E-state index contributed by atoms with van der Waals surface area (Å²) in [4.78, 5) is 11.4. The minimum Gasteiger partial charge on any atom is -0.424 e. The first-order chi connectivity index (χ1) is 9.08. The number of benzene rings is 1. The number of ether oxygens (including phenoxy) is 1. The molecule has 0 fully saturated rings. The number of nitrogen functional groups attached to an aromatic ring is 1. The van der Waals surface area contributed by atoms with E-state index in [0.717, 1.165) is 6.42 Å². The van der Waals surface area contributed by atoms with Gasteiger partial charge in [-0.15, -0.1) is 0 Å². The van der Waals surface area contributed by atoms with Crippen molar-refractivity contribution < 1.29 is 4.74 Å². The minimum absolute atomic E-state index is 0.0127. The summed E-state index contributed by atoms with van der Waals surface area (Å²) < 4.78 is 5.48. The quantitative estimate of drug-likeness (QED) is 0.927. The van der Waals surface area contributed by atoms with Crippen molar-refractivity contribution in [3.05, 3.63) is 35.1 Å². The highest BCUT2D eigenvalue weighted by atomic mass is 35.5. The van der Waals surface area contributed by atoms with Gasteiger partial charge >= 0.3 is 6.01 Å². The van der Waals surface area contributed by atoms with Crippen LogP contribution in [0, 0.1) is 0 Å². The van der Waals surface area contributed by atoms with Gasteiger partial charge in [0.15, 0.2) is 0 Å². The fourth-order valence-electron chi connectivity index (χ4n) is 1.60. The fraction of sp³-hybridized carbons (Fsp3) is 0.308. The lowest BCUT2D eigenvalue weighted by atomic mass is 9.99. The van der Waals surface area contributed by atoms with E-state index >= 15 is 0 Å². The lowest BCUT2D eigenvalue weighted by Gasteiger charge is -2.09. The van der Waals surface area contributed by atoms with Gasteiger partial charge in [0.2, 0.25) is 11.2 Å². The van der Waals surface area contributed by atoms with Gasteiger partial charge in [0.05, 0.1) is 0 Å². The molecule has 0 aliphatic heterocycles. The number of hydrogen-bond acceptors (Lipinski definition) is 5. The zero-order valence-corrected chi connectivity index (χ0v) is 11.6. The van der Waals surface area contributed by atoms with Gasteiger partial charge in [0, 0.05) is 0 Å². The van der Waals surface area contributed by atoms with E-state index < -0.39 is 0 Å². The summed E-state index contributed by atoms with van der Waals surface area (Å²) in [6.45, 7) is 4.34. The molecule has 0 aliphatic rings. The van der Waals surface area contributed by atoms with Crippen molar-refractivity contribution >= 4 is 17.5 Å². The SMILES string of the molecule is CCC(C)c1ccc(Oc2nc(N)nc(Cl)n2)cc1. The number of rotatable bonds is 4. The maximum atomic E-state index is 5.68. The number of halogens is 1. The molecule has 0 saturated carbocycles. The number of aromatic nitrogens is 3. The van der Waals surface area contributed by atoms with Crippen LogP contribution in [0.3, 0.4) is 0 Å². The molecule has 1 heterocycles. The zero-order valence-electron chi connectivity index (χ0n) is 10.8. The van der Waals surface area contributed by atoms with Crippen LogP contribution in [0.1, 0.15) is 31.7 Å². The first-order valence-electron chi connectivity index (χ1n) is 6.03. The fourth-order valence-corrected chi connectivity index (χ4v) is 1.76. The Bertz CT molecular complexity index is 539. The van der Waals surface area contributed by atoms with Crippen LogP contribution in [0.5, 0.6) is 11.8 Å². The summed E-state index contributed by atoms with van der Waals surface area (Å²) in [6.07, 6.45) is 1.10. The Morgan fingerprint density at radius 3 is 2.47 bits per heavy atom. The molecular formula is C13H15ClN4O. The average molecular weight is 279 g/mol. The van der Waals surface area contributed by atoms with Gasteiger partial charge in [-0.2, -0.15) is 15.0 Å². The Hall–Kier alpha value is -1.88. The molecule has 5 nitrogen and oxygen atoms in total. The van der Waals surface area contributed by atoms with Gasteiger partial charge in [0.1, 0.15) is 5.75 Å². The molecule has 1 atom stereocenters. The highest BCUT2D eigenvalue weighted by Gasteiger charge is 2.06. The van der Waals surface area contributed by atoms with Gasteiger partial charge in [0.25, 0.3) is 0 Å². The largest absolute Gasteiger partial charge is 0.424 e. The average Bonchev–Trinajstić information content (AvgIpc) is 2.37. The summed E-state index contributed by atoms with van der Waals surface area (Å²) in [5, 5.41) is 0.0127. The van der Waals surface area contributed by atoms with Crippen molar-refractivity contribution in [2.24, 2.45) is 0 Å². The molecular weight excluding hydrogens is 264 g/mol. The third-order valence-electron chi connectivity index (χ3n) is 2.88. The number of anilines is 1. The number of nitrogens with two attached hydrogens (primary N) is 1. The topological polar surface area (TPSA) is 73.9 Å². The van der Waals surface area contributed by atoms with Crippen molar-refractivity contribution in [2.45, 2.75) is 26.2 Å². The van der Waals surface area contributed by atoms with Crippen LogP contribution in [-0.2, 0) is 0 Å². The third kappa shape index (κ3) is 3.54. The van der Waals surface area contributed by atoms with E-state index in [-0.39, 0.29) is 17.2 Å². The molecule has 0 spiro atoms. The van der Waals surface area contributed by atoms with Gasteiger partial charge < -0.3 is 10.5 Å². The molecule has 1 aromatic heterocycles. The molecule has 0 bridgehead atoms. The van der Waals surface area contributed by atoms with E-state index in [1.54, 1.807) is 0 Å². The smallest absolute Gasteiger partial charge is 0.328 e. The van der Waals surface area contributed by atoms with E-state index in [0.29, 0.717) is 11.7 Å². The monoisotopic (exact) mass is 278 g/mol. The van der Waals surface area contributed by atoms with Crippen LogP contribution >= 0.6 is 11.6 Å². The maximum absolute atomic E-state index is 5.68. The molecule has 0 radical (unpaired) electrons. The minimum atomic E-state index is 0.0127. The molecule has 1 aromatic carbocycles. The predicted octanol–water partition coefficient (Wildman–Crippen LogP) is 3.41. The Morgan fingerprint density at radius 1 is 1.21 bits per heavy atom. The van der Waals surface area contributed by atoms with Gasteiger partial charge in [-0.05, 0) is 41.6 Å². The zero-order chi connectivity index (χ0) is 13.8. The summed E-state index contributed by atoms with van der Waals surface area (Å²) in [5.41, 5.74) is 6.73. The first-order valence-corrected chi connectivity index (χ1v) is 6.41. The molecule has 2 aromatic rings. The Morgan fingerprint density at radius 2 is 1.89 bits per heavy atom. The van der Waals surface area contributed by atoms with E-state index in [1.165, 1.54) is 5.56 Å².